The molecule has 0 heterocycles. The van der Waals surface area contributed by atoms with Gasteiger partial charge < -0.3 is 5.11 Å². The third-order valence-electron chi connectivity index (χ3n) is 0.910. The van der Waals surface area contributed by atoms with Crippen LogP contribution in [0.25, 0.3) is 0 Å². The zero-order valence-corrected chi connectivity index (χ0v) is 7.89. The molecule has 0 aromatic heterocycles. The highest BCUT2D eigenvalue weighted by Gasteiger charge is 2.14. The molecule has 0 fully saturated rings. The summed E-state index contributed by atoms with van der Waals surface area (Å²) in [4.78, 5) is 37.7. The molecular formula is C7H12O7. The van der Waals surface area contributed by atoms with E-state index in [-0.39, 0.29) is 13.0 Å². The lowest BCUT2D eigenvalue weighted by atomic mass is 10.4. The van der Waals surface area contributed by atoms with Crippen molar-refractivity contribution >= 4 is 11.9 Å². The summed E-state index contributed by atoms with van der Waals surface area (Å²) in [6.45, 7) is 1.98. The predicted molar refractivity (Wildman–Crippen MR) is 41.2 cm³/mol. The van der Waals surface area contributed by atoms with Crippen LogP contribution in [-0.2, 0) is 29.1 Å². The third-order valence-corrected chi connectivity index (χ3v) is 0.910. The Hall–Kier alpha value is -1.18. The monoisotopic (exact) mass is 208 g/mol. The number of aliphatic hydroxyl groups excluding tert-OH is 1. The molecule has 7 nitrogen and oxygen atoms in total. The molecule has 0 saturated heterocycles. The van der Waals surface area contributed by atoms with E-state index in [1.54, 1.807) is 0 Å². The van der Waals surface area contributed by atoms with E-state index in [0.717, 1.165) is 13.8 Å². The highest BCUT2D eigenvalue weighted by molar-refractivity contribution is 5.65. The van der Waals surface area contributed by atoms with E-state index in [1.807, 2.05) is 0 Å². The van der Waals surface area contributed by atoms with E-state index in [4.69, 9.17) is 5.11 Å². The molecule has 14 heavy (non-hydrogen) atoms. The lowest BCUT2D eigenvalue weighted by molar-refractivity contribution is -0.430. The maximum absolute atomic E-state index is 10.3. The number of carbonyl (C=O) groups is 2. The first-order valence-electron chi connectivity index (χ1n) is 3.85. The average Bonchev–Trinajstić information content (AvgIpc) is 2.09. The maximum atomic E-state index is 10.3. The van der Waals surface area contributed by atoms with Crippen molar-refractivity contribution in [2.45, 2.75) is 26.6 Å². The lowest BCUT2D eigenvalue weighted by Gasteiger charge is -2.12. The first-order chi connectivity index (χ1) is 6.56. The van der Waals surface area contributed by atoms with Gasteiger partial charge in [0.15, 0.2) is 0 Å². The molecule has 0 aliphatic carbocycles. The highest BCUT2D eigenvalue weighted by Crippen LogP contribution is 2.02. The number of carbonyl (C=O) groups excluding carboxylic acids is 2. The molecule has 0 aliphatic heterocycles. The van der Waals surface area contributed by atoms with Crippen molar-refractivity contribution in [3.63, 3.8) is 0 Å². The van der Waals surface area contributed by atoms with E-state index in [2.05, 4.69) is 19.6 Å². The normalized spacial score (nSPS) is 10.0. The fourth-order valence-electron chi connectivity index (χ4n) is 0.461. The van der Waals surface area contributed by atoms with E-state index in [9.17, 15) is 9.59 Å². The van der Waals surface area contributed by atoms with Crippen LogP contribution in [0.4, 0.5) is 0 Å². The Morgan fingerprint density at radius 3 is 1.86 bits per heavy atom. The molecule has 1 N–H and O–H groups in total. The summed E-state index contributed by atoms with van der Waals surface area (Å²) in [5.74, 6) is -1.36. The first-order valence-corrected chi connectivity index (χ1v) is 3.85. The zero-order chi connectivity index (χ0) is 11.0. The van der Waals surface area contributed by atoms with Crippen LogP contribution in [0.15, 0.2) is 0 Å². The average molecular weight is 208 g/mol. The van der Waals surface area contributed by atoms with E-state index in [1.165, 1.54) is 0 Å². The maximum Gasteiger partial charge on any atom is 0.339 e. The second kappa shape index (κ2) is 7.25. The van der Waals surface area contributed by atoms with Gasteiger partial charge in [0.1, 0.15) is 0 Å². The summed E-state index contributed by atoms with van der Waals surface area (Å²) >= 11 is 0. The molecular weight excluding hydrogens is 196 g/mol. The zero-order valence-electron chi connectivity index (χ0n) is 7.89. The van der Waals surface area contributed by atoms with Crippen molar-refractivity contribution < 1.29 is 34.2 Å². The van der Waals surface area contributed by atoms with Gasteiger partial charge in [-0.15, -0.1) is 9.78 Å². The largest absolute Gasteiger partial charge is 0.396 e. The van der Waals surface area contributed by atoms with Gasteiger partial charge in [-0.3, -0.25) is 9.78 Å². The van der Waals surface area contributed by atoms with Crippen LogP contribution < -0.4 is 0 Å². The summed E-state index contributed by atoms with van der Waals surface area (Å²) in [5.41, 5.74) is 0. The molecule has 82 valence electrons. The number of hydrogen-bond acceptors (Lipinski definition) is 7. The Morgan fingerprint density at radius 1 is 1.14 bits per heavy atom. The topological polar surface area (TPSA) is 91.3 Å². The van der Waals surface area contributed by atoms with Gasteiger partial charge in [0.25, 0.3) is 0 Å². The van der Waals surface area contributed by atoms with Crippen LogP contribution in [0.1, 0.15) is 20.3 Å². The summed E-state index contributed by atoms with van der Waals surface area (Å²) in [7, 11) is 0. The van der Waals surface area contributed by atoms with Gasteiger partial charge in [-0.05, 0) is 0 Å². The number of hydrogen-bond donors (Lipinski definition) is 1. The molecule has 0 amide bonds. The second-order valence-electron chi connectivity index (χ2n) is 2.28. The summed E-state index contributed by atoms with van der Waals surface area (Å²) in [6, 6.07) is 0. The summed E-state index contributed by atoms with van der Waals surface area (Å²) in [5, 5.41) is 8.53. The Morgan fingerprint density at radius 2 is 1.57 bits per heavy atom. The molecule has 0 radical (unpaired) electrons. The van der Waals surface area contributed by atoms with Crippen molar-refractivity contribution in [3.05, 3.63) is 0 Å². The van der Waals surface area contributed by atoms with E-state index in [0.29, 0.717) is 0 Å². The van der Waals surface area contributed by atoms with Crippen molar-refractivity contribution in [2.24, 2.45) is 0 Å². The van der Waals surface area contributed by atoms with Crippen molar-refractivity contribution in [1.29, 1.82) is 0 Å². The molecule has 0 rings (SSSR count). The van der Waals surface area contributed by atoms with Crippen LogP contribution >= 0.6 is 0 Å². The lowest BCUT2D eigenvalue weighted by Crippen LogP contribution is -2.21. The highest BCUT2D eigenvalue weighted by atomic mass is 17.3. The van der Waals surface area contributed by atoms with Gasteiger partial charge in [0.2, 0.25) is 6.29 Å². The van der Waals surface area contributed by atoms with Crippen LogP contribution in [-0.4, -0.2) is 29.9 Å². The van der Waals surface area contributed by atoms with Crippen molar-refractivity contribution in [3.8, 4) is 0 Å². The molecule has 0 atom stereocenters. The second-order valence-corrected chi connectivity index (χ2v) is 2.28. The minimum atomic E-state index is -1.13. The SMILES string of the molecule is CC(=O)OOC(CCO)OOC(C)=O. The fraction of sp³-hybridized carbons (Fsp3) is 0.714. The number of rotatable bonds is 6. The molecule has 0 aliphatic rings. The van der Waals surface area contributed by atoms with Gasteiger partial charge >= 0.3 is 11.9 Å². The first kappa shape index (κ1) is 12.8. The van der Waals surface area contributed by atoms with Crippen molar-refractivity contribution in [2.75, 3.05) is 6.61 Å². The molecule has 0 bridgehead atoms. The van der Waals surface area contributed by atoms with Crippen LogP contribution in [0.5, 0.6) is 0 Å². The summed E-state index contributed by atoms with van der Waals surface area (Å²) in [6.07, 6.45) is -1.13. The van der Waals surface area contributed by atoms with E-state index >= 15 is 0 Å². The van der Waals surface area contributed by atoms with Crippen LogP contribution in [0.2, 0.25) is 0 Å². The Bertz CT molecular complexity index is 172. The van der Waals surface area contributed by atoms with Gasteiger partial charge in [0, 0.05) is 26.9 Å². The van der Waals surface area contributed by atoms with Gasteiger partial charge in [-0.2, -0.15) is 0 Å². The number of aliphatic hydroxyl groups is 1. The minimum Gasteiger partial charge on any atom is -0.396 e. The Kier molecular flexibility index (Phi) is 6.63. The Labute approximate surface area is 80.4 Å². The fourth-order valence-corrected chi connectivity index (χ4v) is 0.461. The molecule has 0 spiro atoms. The molecule has 7 heteroatoms. The molecule has 0 aromatic carbocycles. The molecule has 0 saturated carbocycles. The standard InChI is InChI=1S/C7H12O7/c1-5(9)11-13-7(3-4-8)14-12-6(2)10/h7-8H,3-4H2,1-2H3. The smallest absolute Gasteiger partial charge is 0.339 e. The molecule has 0 unspecified atom stereocenters. The van der Waals surface area contributed by atoms with Gasteiger partial charge in [-0.1, -0.05) is 0 Å². The van der Waals surface area contributed by atoms with Gasteiger partial charge in [-0.25, -0.2) is 9.59 Å². The molecule has 0 aromatic rings. The third kappa shape index (κ3) is 7.47. The van der Waals surface area contributed by atoms with Crippen LogP contribution in [0.3, 0.4) is 0 Å². The van der Waals surface area contributed by atoms with Crippen LogP contribution in [0, 0.1) is 0 Å². The Balaban J connectivity index is 3.76. The quantitative estimate of drug-likeness (QED) is 0.363. The van der Waals surface area contributed by atoms with E-state index < -0.39 is 18.2 Å². The summed E-state index contributed by atoms with van der Waals surface area (Å²) < 4.78 is 0. The van der Waals surface area contributed by atoms with Gasteiger partial charge in [0.05, 0.1) is 0 Å². The minimum absolute atomic E-state index is 0.000556. The van der Waals surface area contributed by atoms with Crippen molar-refractivity contribution in [1.82, 2.24) is 0 Å². The predicted octanol–water partition coefficient (Wildman–Crippen LogP) is -0.316.